The SMILES string of the molecule is C[C@H]1C[C@@H]2C[C@@H]2[C@H]1N1C(=O)c2ccccc2C1=O.N[C@H]1C[C@@H]2C[C@@H]2[C@H]1N1C(=O)c2ccccc2C1=O. The third kappa shape index (κ3) is 3.01. The van der Waals surface area contributed by atoms with Gasteiger partial charge in [0.2, 0.25) is 0 Å². The number of amides is 4. The lowest BCUT2D eigenvalue weighted by Gasteiger charge is -2.27. The molecule has 4 saturated carbocycles. The average molecular weight is 484 g/mol. The Morgan fingerprint density at radius 1 is 0.611 bits per heavy atom. The third-order valence-corrected chi connectivity index (χ3v) is 9.35. The summed E-state index contributed by atoms with van der Waals surface area (Å²) in [5.41, 5.74) is 8.31. The summed E-state index contributed by atoms with van der Waals surface area (Å²) in [6, 6.07) is 14.2. The minimum Gasteiger partial charge on any atom is -0.326 e. The van der Waals surface area contributed by atoms with E-state index in [1.54, 1.807) is 41.3 Å². The molecular weight excluding hydrogens is 454 g/mol. The van der Waals surface area contributed by atoms with E-state index in [0.29, 0.717) is 45.9 Å². The Hall–Kier alpha value is -3.32. The van der Waals surface area contributed by atoms with E-state index in [4.69, 9.17) is 5.73 Å². The number of imide groups is 2. The highest BCUT2D eigenvalue weighted by molar-refractivity contribution is 6.22. The van der Waals surface area contributed by atoms with Crippen molar-refractivity contribution in [2.75, 3.05) is 0 Å². The molecule has 6 aliphatic rings. The van der Waals surface area contributed by atoms with Gasteiger partial charge in [0.05, 0.1) is 28.3 Å². The molecule has 36 heavy (non-hydrogen) atoms. The number of hydrogen-bond donors (Lipinski definition) is 1. The van der Waals surface area contributed by atoms with Crippen LogP contribution in [0.1, 0.15) is 74.0 Å². The van der Waals surface area contributed by atoms with Crippen LogP contribution in [-0.2, 0) is 0 Å². The highest BCUT2D eigenvalue weighted by Gasteiger charge is 2.59. The van der Waals surface area contributed by atoms with Crippen LogP contribution in [0.3, 0.4) is 0 Å². The number of carbonyl (C=O) groups is 4. The van der Waals surface area contributed by atoms with E-state index in [9.17, 15) is 19.2 Å². The highest BCUT2D eigenvalue weighted by atomic mass is 16.2. The van der Waals surface area contributed by atoms with Gasteiger partial charge < -0.3 is 5.73 Å². The quantitative estimate of drug-likeness (QED) is 0.661. The van der Waals surface area contributed by atoms with E-state index in [1.807, 2.05) is 12.1 Å². The topological polar surface area (TPSA) is 101 Å². The molecule has 0 spiro atoms. The molecule has 4 fully saturated rings. The predicted octanol–water partition coefficient (Wildman–Crippen LogP) is 3.35. The normalized spacial score (nSPS) is 36.8. The van der Waals surface area contributed by atoms with Gasteiger partial charge in [0.1, 0.15) is 0 Å². The number of hydrogen-bond acceptors (Lipinski definition) is 5. The zero-order valence-corrected chi connectivity index (χ0v) is 20.2. The number of fused-ring (bicyclic) bond motifs is 4. The first kappa shape index (κ1) is 21.9. The van der Waals surface area contributed by atoms with E-state index in [-0.39, 0.29) is 41.8 Å². The van der Waals surface area contributed by atoms with Crippen molar-refractivity contribution in [2.24, 2.45) is 35.3 Å². The smallest absolute Gasteiger partial charge is 0.261 e. The summed E-state index contributed by atoms with van der Waals surface area (Å²) in [5.74, 6) is 2.37. The summed E-state index contributed by atoms with van der Waals surface area (Å²) < 4.78 is 0. The monoisotopic (exact) mass is 483 g/mol. The second-order valence-corrected chi connectivity index (χ2v) is 11.5. The molecule has 0 bridgehead atoms. The van der Waals surface area contributed by atoms with Crippen molar-refractivity contribution in [1.82, 2.24) is 9.80 Å². The zero-order chi connectivity index (χ0) is 24.9. The molecule has 7 heteroatoms. The van der Waals surface area contributed by atoms with Gasteiger partial charge in [-0.3, -0.25) is 29.0 Å². The molecule has 184 valence electrons. The Labute approximate surface area is 209 Å². The zero-order valence-electron chi connectivity index (χ0n) is 20.2. The van der Waals surface area contributed by atoms with Crippen LogP contribution in [0.5, 0.6) is 0 Å². The van der Waals surface area contributed by atoms with Gasteiger partial charge in [0.25, 0.3) is 23.6 Å². The van der Waals surface area contributed by atoms with Gasteiger partial charge in [-0.15, -0.1) is 0 Å². The van der Waals surface area contributed by atoms with Crippen LogP contribution in [-0.4, -0.2) is 51.6 Å². The molecule has 0 aromatic heterocycles. The Morgan fingerprint density at radius 2 is 1.00 bits per heavy atom. The van der Waals surface area contributed by atoms with Crippen LogP contribution >= 0.6 is 0 Å². The lowest BCUT2D eigenvalue weighted by atomic mass is 9.99. The fraction of sp³-hybridized carbons (Fsp3) is 0.448. The van der Waals surface area contributed by atoms with Gasteiger partial charge in [-0.05, 0) is 79.5 Å². The summed E-state index contributed by atoms with van der Waals surface area (Å²) in [7, 11) is 0. The van der Waals surface area contributed by atoms with Gasteiger partial charge >= 0.3 is 0 Å². The van der Waals surface area contributed by atoms with E-state index in [0.717, 1.165) is 18.8 Å². The van der Waals surface area contributed by atoms with Crippen molar-refractivity contribution in [3.63, 3.8) is 0 Å². The second-order valence-electron chi connectivity index (χ2n) is 11.5. The number of benzene rings is 2. The summed E-state index contributed by atoms with van der Waals surface area (Å²) in [6.07, 6.45) is 4.43. The van der Waals surface area contributed by atoms with E-state index < -0.39 is 0 Å². The first-order valence-electron chi connectivity index (χ1n) is 13.1. The van der Waals surface area contributed by atoms with E-state index in [2.05, 4.69) is 6.92 Å². The molecule has 2 aromatic rings. The molecule has 2 heterocycles. The Bertz CT molecular complexity index is 1160. The maximum Gasteiger partial charge on any atom is 0.261 e. The minimum absolute atomic E-state index is 0.0454. The largest absolute Gasteiger partial charge is 0.326 e. The Kier molecular flexibility index (Phi) is 4.62. The number of carbonyl (C=O) groups excluding carboxylic acids is 4. The molecule has 0 unspecified atom stereocenters. The number of rotatable bonds is 2. The molecule has 4 aliphatic carbocycles. The van der Waals surface area contributed by atoms with E-state index >= 15 is 0 Å². The summed E-state index contributed by atoms with van der Waals surface area (Å²) in [4.78, 5) is 52.5. The van der Waals surface area contributed by atoms with Crippen molar-refractivity contribution in [2.45, 2.75) is 50.7 Å². The summed E-state index contributed by atoms with van der Waals surface area (Å²) in [5, 5.41) is 0. The van der Waals surface area contributed by atoms with Crippen LogP contribution in [0, 0.1) is 29.6 Å². The number of nitrogens with two attached hydrogens (primary N) is 1. The van der Waals surface area contributed by atoms with Gasteiger partial charge in [0.15, 0.2) is 0 Å². The summed E-state index contributed by atoms with van der Waals surface area (Å²) >= 11 is 0. The van der Waals surface area contributed by atoms with Crippen LogP contribution in [0.15, 0.2) is 48.5 Å². The number of nitrogens with zero attached hydrogens (tertiary/aromatic N) is 2. The lowest BCUT2D eigenvalue weighted by molar-refractivity contribution is 0.0523. The molecule has 2 aromatic carbocycles. The van der Waals surface area contributed by atoms with Crippen molar-refractivity contribution < 1.29 is 19.2 Å². The molecule has 7 nitrogen and oxygen atoms in total. The standard InChI is InChI=1S/C15H15NO2.C14H14N2O2/c1-8-6-9-7-12(9)13(8)16-14(17)10-4-2-3-5-11(10)15(16)18;15-11-6-7-5-10(7)12(11)16-13(17)8-3-1-2-4-9(8)14(16)18/h2-5,8-9,12-13H,6-7H2,1H3;1-4,7,10-12H,5-6,15H2/t8-,9+,12-,13-;7-,10-,11-,12+/m00/s1. The highest BCUT2D eigenvalue weighted by Crippen LogP contribution is 2.57. The van der Waals surface area contributed by atoms with Crippen molar-refractivity contribution in [3.8, 4) is 0 Å². The van der Waals surface area contributed by atoms with Gasteiger partial charge in [-0.1, -0.05) is 31.2 Å². The fourth-order valence-corrected chi connectivity index (χ4v) is 7.55. The molecule has 2 N–H and O–H groups in total. The summed E-state index contributed by atoms with van der Waals surface area (Å²) in [6.45, 7) is 2.17. The maximum absolute atomic E-state index is 12.4. The molecule has 0 saturated heterocycles. The lowest BCUT2D eigenvalue weighted by Crippen LogP contribution is -2.49. The first-order chi connectivity index (χ1) is 17.4. The Morgan fingerprint density at radius 3 is 1.36 bits per heavy atom. The fourth-order valence-electron chi connectivity index (χ4n) is 7.55. The van der Waals surface area contributed by atoms with Crippen molar-refractivity contribution in [3.05, 3.63) is 70.8 Å². The first-order valence-corrected chi connectivity index (χ1v) is 13.1. The Balaban J connectivity index is 0.000000122. The van der Waals surface area contributed by atoms with Gasteiger partial charge in [0, 0.05) is 12.1 Å². The van der Waals surface area contributed by atoms with Crippen LogP contribution in [0.2, 0.25) is 0 Å². The molecule has 2 aliphatic heterocycles. The van der Waals surface area contributed by atoms with Crippen LogP contribution < -0.4 is 5.73 Å². The average Bonchev–Trinajstić information content (AvgIpc) is 3.71. The molecule has 0 radical (unpaired) electrons. The van der Waals surface area contributed by atoms with Gasteiger partial charge in [-0.2, -0.15) is 0 Å². The maximum atomic E-state index is 12.4. The van der Waals surface area contributed by atoms with Crippen molar-refractivity contribution in [1.29, 1.82) is 0 Å². The molecule has 8 atom stereocenters. The molecular formula is C29H29N3O4. The van der Waals surface area contributed by atoms with Crippen LogP contribution in [0.25, 0.3) is 0 Å². The van der Waals surface area contributed by atoms with Crippen LogP contribution in [0.4, 0.5) is 0 Å². The van der Waals surface area contributed by atoms with Crippen molar-refractivity contribution >= 4 is 23.6 Å². The molecule has 4 amide bonds. The predicted molar refractivity (Wildman–Crippen MR) is 131 cm³/mol. The third-order valence-electron chi connectivity index (χ3n) is 9.35. The second kappa shape index (κ2) is 7.59. The minimum atomic E-state index is -0.163. The molecule has 8 rings (SSSR count). The van der Waals surface area contributed by atoms with E-state index in [1.165, 1.54) is 17.7 Å². The van der Waals surface area contributed by atoms with Gasteiger partial charge in [-0.25, -0.2) is 0 Å².